The fourth-order valence-corrected chi connectivity index (χ4v) is 2.08. The van der Waals surface area contributed by atoms with Crippen molar-refractivity contribution in [3.05, 3.63) is 53.5 Å². The van der Waals surface area contributed by atoms with Crippen molar-refractivity contribution in [2.24, 2.45) is 0 Å². The molecule has 1 N–H and O–H groups in total. The van der Waals surface area contributed by atoms with E-state index in [4.69, 9.17) is 9.52 Å². The Morgan fingerprint density at radius 1 is 1.37 bits per heavy atom. The lowest BCUT2D eigenvalue weighted by Crippen LogP contribution is -2.18. The zero-order chi connectivity index (χ0) is 13.5. The number of benzene rings is 1. The van der Waals surface area contributed by atoms with Crippen LogP contribution >= 0.6 is 0 Å². The number of aromatic nitrogens is 1. The quantitative estimate of drug-likeness (QED) is 0.918. The minimum Gasteiger partial charge on any atom is -0.480 e. The Bertz CT molecular complexity index is 614. The summed E-state index contributed by atoms with van der Waals surface area (Å²) in [5, 5.41) is 9.16. The van der Waals surface area contributed by atoms with Gasteiger partial charge in [-0.15, -0.1) is 0 Å². The molecule has 98 valence electrons. The second-order valence-corrected chi connectivity index (χ2v) is 4.81. The Hall–Kier alpha value is -2.17. The van der Waals surface area contributed by atoms with Gasteiger partial charge in [0.2, 0.25) is 0 Å². The van der Waals surface area contributed by atoms with Crippen LogP contribution in [0.25, 0.3) is 0 Å². The highest BCUT2D eigenvalue weighted by atomic mass is 19.1. The predicted molar refractivity (Wildman–Crippen MR) is 64.3 cm³/mol. The van der Waals surface area contributed by atoms with Crippen molar-refractivity contribution in [1.29, 1.82) is 0 Å². The van der Waals surface area contributed by atoms with Crippen LogP contribution in [0.4, 0.5) is 4.39 Å². The third-order valence-corrected chi connectivity index (χ3v) is 3.45. The zero-order valence-corrected chi connectivity index (χ0v) is 10.1. The van der Waals surface area contributed by atoms with Gasteiger partial charge < -0.3 is 9.52 Å². The van der Waals surface area contributed by atoms with Gasteiger partial charge in [0, 0.05) is 6.42 Å². The molecule has 0 radical (unpaired) electrons. The van der Waals surface area contributed by atoms with Gasteiger partial charge in [0.05, 0.1) is 6.20 Å². The molecule has 0 unspecified atom stereocenters. The third-order valence-electron chi connectivity index (χ3n) is 3.45. The van der Waals surface area contributed by atoms with Crippen molar-refractivity contribution in [3.63, 3.8) is 0 Å². The van der Waals surface area contributed by atoms with Gasteiger partial charge in [0.15, 0.2) is 5.89 Å². The van der Waals surface area contributed by atoms with E-state index in [1.807, 2.05) is 0 Å². The summed E-state index contributed by atoms with van der Waals surface area (Å²) in [7, 11) is 0. The Kier molecular flexibility index (Phi) is 2.62. The van der Waals surface area contributed by atoms with Crippen LogP contribution in [0.2, 0.25) is 0 Å². The fourth-order valence-electron chi connectivity index (χ4n) is 2.08. The minimum absolute atomic E-state index is 0.292. The normalized spacial score (nSPS) is 16.3. The maximum absolute atomic E-state index is 12.8. The summed E-state index contributed by atoms with van der Waals surface area (Å²) in [4.78, 5) is 15.3. The number of nitrogens with zero attached hydrogens (tertiary/aromatic N) is 1. The molecule has 0 spiro atoms. The maximum atomic E-state index is 12.8. The molecular formula is C14H12FNO3. The molecule has 1 fully saturated rings. The molecule has 1 aliphatic carbocycles. The molecule has 0 aliphatic heterocycles. The van der Waals surface area contributed by atoms with Gasteiger partial charge in [-0.2, -0.15) is 0 Å². The molecule has 2 aromatic rings. The first-order valence-electron chi connectivity index (χ1n) is 6.03. The Morgan fingerprint density at radius 2 is 2.05 bits per heavy atom. The molecule has 4 nitrogen and oxygen atoms in total. The largest absolute Gasteiger partial charge is 0.480 e. The Balaban J connectivity index is 1.79. The number of carboxylic acids is 1. The van der Waals surface area contributed by atoms with Crippen LogP contribution in [-0.4, -0.2) is 16.1 Å². The second kappa shape index (κ2) is 4.19. The number of hydrogen-bond acceptors (Lipinski definition) is 3. The van der Waals surface area contributed by atoms with E-state index in [-0.39, 0.29) is 5.82 Å². The van der Waals surface area contributed by atoms with Gasteiger partial charge >= 0.3 is 5.97 Å². The molecule has 0 atom stereocenters. The molecule has 3 rings (SSSR count). The van der Waals surface area contributed by atoms with E-state index >= 15 is 0 Å². The third kappa shape index (κ3) is 2.12. The fraction of sp³-hybridized carbons (Fsp3) is 0.286. The topological polar surface area (TPSA) is 63.3 Å². The zero-order valence-electron chi connectivity index (χ0n) is 10.1. The summed E-state index contributed by atoms with van der Waals surface area (Å²) in [6.07, 6.45) is 3.09. The lowest BCUT2D eigenvalue weighted by molar-refractivity contribution is -0.140. The number of carbonyl (C=O) groups is 1. The summed E-state index contributed by atoms with van der Waals surface area (Å²) in [6, 6.07) is 6.06. The average Bonchev–Trinajstić information content (AvgIpc) is 3.08. The molecule has 5 heteroatoms. The first-order valence-corrected chi connectivity index (χ1v) is 6.03. The van der Waals surface area contributed by atoms with Crippen molar-refractivity contribution >= 4 is 5.97 Å². The molecule has 1 heterocycles. The molecule has 0 saturated heterocycles. The van der Waals surface area contributed by atoms with Gasteiger partial charge in [0.25, 0.3) is 0 Å². The molecular weight excluding hydrogens is 249 g/mol. The first-order chi connectivity index (χ1) is 9.10. The Labute approximate surface area is 108 Å². The smallest absolute Gasteiger partial charge is 0.317 e. The maximum Gasteiger partial charge on any atom is 0.317 e. The van der Waals surface area contributed by atoms with Crippen LogP contribution in [-0.2, 0) is 16.6 Å². The van der Waals surface area contributed by atoms with Crippen molar-refractivity contribution in [3.8, 4) is 0 Å². The molecule has 1 aromatic carbocycles. The van der Waals surface area contributed by atoms with E-state index < -0.39 is 11.4 Å². The summed E-state index contributed by atoms with van der Waals surface area (Å²) in [5.41, 5.74) is 0.00333. The van der Waals surface area contributed by atoms with Gasteiger partial charge in [-0.3, -0.25) is 4.79 Å². The van der Waals surface area contributed by atoms with Gasteiger partial charge in [-0.25, -0.2) is 9.37 Å². The summed E-state index contributed by atoms with van der Waals surface area (Å²) < 4.78 is 18.3. The van der Waals surface area contributed by atoms with E-state index in [1.54, 1.807) is 12.1 Å². The molecule has 0 amide bonds. The SMILES string of the molecule is O=C(O)C1(c2cnc(Cc3ccc(F)cc3)o2)CC1. The molecule has 1 aliphatic rings. The van der Waals surface area contributed by atoms with Crippen LogP contribution in [0.1, 0.15) is 30.1 Å². The van der Waals surface area contributed by atoms with Crippen molar-refractivity contribution in [2.75, 3.05) is 0 Å². The van der Waals surface area contributed by atoms with Gasteiger partial charge in [-0.05, 0) is 30.5 Å². The number of carboxylic acid groups (broad SMARTS) is 1. The van der Waals surface area contributed by atoms with Crippen molar-refractivity contribution in [2.45, 2.75) is 24.7 Å². The van der Waals surface area contributed by atoms with Crippen LogP contribution in [0, 0.1) is 5.82 Å². The van der Waals surface area contributed by atoms with Crippen LogP contribution < -0.4 is 0 Å². The molecule has 0 bridgehead atoms. The van der Waals surface area contributed by atoms with Crippen LogP contribution in [0.5, 0.6) is 0 Å². The summed E-state index contributed by atoms with van der Waals surface area (Å²) in [6.45, 7) is 0. The second-order valence-electron chi connectivity index (χ2n) is 4.81. The number of hydrogen-bond donors (Lipinski definition) is 1. The monoisotopic (exact) mass is 261 g/mol. The number of rotatable bonds is 4. The predicted octanol–water partition coefficient (Wildman–Crippen LogP) is 2.52. The lowest BCUT2D eigenvalue weighted by Gasteiger charge is -2.03. The highest BCUT2D eigenvalue weighted by Crippen LogP contribution is 2.48. The number of aliphatic carboxylic acids is 1. The summed E-state index contributed by atoms with van der Waals surface area (Å²) in [5.74, 6) is -0.289. The van der Waals surface area contributed by atoms with E-state index in [1.165, 1.54) is 18.3 Å². The van der Waals surface area contributed by atoms with Crippen molar-refractivity contribution < 1.29 is 18.7 Å². The van der Waals surface area contributed by atoms with Gasteiger partial charge in [0.1, 0.15) is 17.0 Å². The summed E-state index contributed by atoms with van der Waals surface area (Å²) >= 11 is 0. The molecule has 1 saturated carbocycles. The standard InChI is InChI=1S/C14H12FNO3/c15-10-3-1-9(2-4-10)7-12-16-8-11(19-12)14(5-6-14)13(17)18/h1-4,8H,5-7H2,(H,17,18). The first kappa shape index (κ1) is 11.9. The van der Waals surface area contributed by atoms with E-state index in [0.717, 1.165) is 5.56 Å². The van der Waals surface area contributed by atoms with Crippen molar-refractivity contribution in [1.82, 2.24) is 4.98 Å². The van der Waals surface area contributed by atoms with Crippen LogP contribution in [0.3, 0.4) is 0 Å². The number of halogens is 1. The van der Waals surface area contributed by atoms with Gasteiger partial charge in [-0.1, -0.05) is 12.1 Å². The highest BCUT2D eigenvalue weighted by Gasteiger charge is 2.54. The van der Waals surface area contributed by atoms with Crippen LogP contribution in [0.15, 0.2) is 34.9 Å². The lowest BCUT2D eigenvalue weighted by atomic mass is 10.1. The van der Waals surface area contributed by atoms with E-state index in [2.05, 4.69) is 4.98 Å². The molecule has 1 aromatic heterocycles. The minimum atomic E-state index is -0.867. The average molecular weight is 261 g/mol. The number of oxazole rings is 1. The Morgan fingerprint density at radius 3 is 2.63 bits per heavy atom. The van der Waals surface area contributed by atoms with E-state index in [0.29, 0.717) is 30.9 Å². The molecule has 19 heavy (non-hydrogen) atoms. The van der Waals surface area contributed by atoms with E-state index in [9.17, 15) is 9.18 Å². The highest BCUT2D eigenvalue weighted by molar-refractivity contribution is 5.83.